The highest BCUT2D eigenvalue weighted by Gasteiger charge is 2.30. The summed E-state index contributed by atoms with van der Waals surface area (Å²) >= 11 is 0. The van der Waals surface area contributed by atoms with Crippen molar-refractivity contribution in [2.24, 2.45) is 0 Å². The zero-order valence-electron chi connectivity index (χ0n) is 11.4. The number of hydrogen-bond acceptors (Lipinski definition) is 5. The lowest BCUT2D eigenvalue weighted by Gasteiger charge is -2.35. The van der Waals surface area contributed by atoms with Crippen LogP contribution < -0.4 is 10.6 Å². The van der Waals surface area contributed by atoms with E-state index in [0.29, 0.717) is 12.1 Å². The molecule has 0 amide bonds. The fourth-order valence-electron chi connectivity index (χ4n) is 2.04. The van der Waals surface area contributed by atoms with Crippen molar-refractivity contribution in [1.29, 1.82) is 0 Å². The molecule has 0 aliphatic heterocycles. The van der Waals surface area contributed by atoms with E-state index in [1.54, 1.807) is 0 Å². The smallest absolute Gasteiger partial charge is 0.224 e. The molecule has 0 atom stereocenters. The minimum absolute atomic E-state index is 0.236. The Hall–Kier alpha value is -1.43. The average molecular weight is 268 g/mol. The van der Waals surface area contributed by atoms with Gasteiger partial charge in [0.25, 0.3) is 0 Å². The third kappa shape index (κ3) is 3.76. The van der Waals surface area contributed by atoms with Gasteiger partial charge in [0.2, 0.25) is 5.95 Å². The molecule has 1 aromatic rings. The summed E-state index contributed by atoms with van der Waals surface area (Å²) in [5, 5.41) is 6.15. The molecule has 1 heterocycles. The second kappa shape index (κ2) is 6.65. The van der Waals surface area contributed by atoms with Crippen LogP contribution in [-0.2, 0) is 4.74 Å². The molecule has 106 valence electrons. The Labute approximate surface area is 113 Å². The summed E-state index contributed by atoms with van der Waals surface area (Å²) in [5.41, 5.74) is 0. The second-order valence-electron chi connectivity index (χ2n) is 4.71. The Kier molecular flexibility index (Phi) is 4.90. The van der Waals surface area contributed by atoms with E-state index in [2.05, 4.69) is 27.5 Å². The fourth-order valence-corrected chi connectivity index (χ4v) is 2.04. The maximum absolute atomic E-state index is 13.6. The quantitative estimate of drug-likeness (QED) is 0.795. The lowest BCUT2D eigenvalue weighted by molar-refractivity contribution is 0.00286. The van der Waals surface area contributed by atoms with Gasteiger partial charge in [0.05, 0.1) is 12.3 Å². The molecule has 1 aliphatic rings. The lowest BCUT2D eigenvalue weighted by atomic mass is 9.89. The van der Waals surface area contributed by atoms with Crippen LogP contribution in [-0.4, -0.2) is 35.3 Å². The van der Waals surface area contributed by atoms with Gasteiger partial charge >= 0.3 is 0 Å². The minimum Gasteiger partial charge on any atom is -0.378 e. The van der Waals surface area contributed by atoms with Crippen LogP contribution in [0.25, 0.3) is 0 Å². The van der Waals surface area contributed by atoms with Gasteiger partial charge in [-0.25, -0.2) is 9.37 Å². The predicted octanol–water partition coefficient (Wildman–Crippen LogP) is 2.42. The molecular weight excluding hydrogens is 247 g/mol. The zero-order chi connectivity index (χ0) is 13.7. The molecule has 0 saturated heterocycles. The molecular formula is C13H21FN4O. The highest BCUT2D eigenvalue weighted by molar-refractivity contribution is 5.42. The molecule has 6 heteroatoms. The number of nitrogens with one attached hydrogen (secondary N) is 2. The third-order valence-electron chi connectivity index (χ3n) is 3.12. The molecule has 0 bridgehead atoms. The summed E-state index contributed by atoms with van der Waals surface area (Å²) < 4.78 is 19.1. The Morgan fingerprint density at radius 1 is 1.42 bits per heavy atom. The number of nitrogens with zero attached hydrogens (tertiary/aromatic N) is 2. The van der Waals surface area contributed by atoms with E-state index in [9.17, 15) is 4.39 Å². The van der Waals surface area contributed by atoms with Gasteiger partial charge < -0.3 is 15.4 Å². The van der Waals surface area contributed by atoms with Gasteiger partial charge in [-0.1, -0.05) is 6.92 Å². The highest BCUT2D eigenvalue weighted by atomic mass is 19.1. The van der Waals surface area contributed by atoms with Gasteiger partial charge in [-0.2, -0.15) is 4.98 Å². The molecule has 1 aliphatic carbocycles. The predicted molar refractivity (Wildman–Crippen MR) is 72.8 cm³/mol. The van der Waals surface area contributed by atoms with Crippen molar-refractivity contribution in [2.75, 3.05) is 23.8 Å². The highest BCUT2D eigenvalue weighted by Crippen LogP contribution is 2.27. The first-order chi connectivity index (χ1) is 9.22. The molecule has 1 saturated carbocycles. The summed E-state index contributed by atoms with van der Waals surface area (Å²) in [6, 6.07) is 0.236. The van der Waals surface area contributed by atoms with Crippen molar-refractivity contribution in [3.63, 3.8) is 0 Å². The van der Waals surface area contributed by atoms with Gasteiger partial charge in [-0.15, -0.1) is 0 Å². The first kappa shape index (κ1) is 14.0. The Bertz CT molecular complexity index is 410. The SMILES string of the molecule is CCCNc1ncc(F)c(NC2CC(OCC)C2)n1. The molecule has 2 N–H and O–H groups in total. The van der Waals surface area contributed by atoms with E-state index in [-0.39, 0.29) is 11.9 Å². The summed E-state index contributed by atoms with van der Waals surface area (Å²) in [5.74, 6) is 0.321. The second-order valence-corrected chi connectivity index (χ2v) is 4.71. The molecule has 0 unspecified atom stereocenters. The van der Waals surface area contributed by atoms with Crippen LogP contribution in [0, 0.1) is 5.82 Å². The van der Waals surface area contributed by atoms with Gasteiger partial charge in [-0.05, 0) is 26.2 Å². The van der Waals surface area contributed by atoms with Crippen molar-refractivity contribution < 1.29 is 9.13 Å². The molecule has 0 spiro atoms. The molecule has 0 radical (unpaired) electrons. The summed E-state index contributed by atoms with van der Waals surface area (Å²) in [7, 11) is 0. The van der Waals surface area contributed by atoms with Crippen molar-refractivity contribution in [3.05, 3.63) is 12.0 Å². The molecule has 0 aromatic carbocycles. The number of hydrogen-bond donors (Lipinski definition) is 2. The first-order valence-electron chi connectivity index (χ1n) is 6.87. The van der Waals surface area contributed by atoms with Gasteiger partial charge in [0.15, 0.2) is 11.6 Å². The number of rotatable bonds is 7. The normalized spacial score (nSPS) is 21.8. The summed E-state index contributed by atoms with van der Waals surface area (Å²) in [6.07, 6.45) is 4.27. The number of halogens is 1. The fraction of sp³-hybridized carbons (Fsp3) is 0.692. The van der Waals surface area contributed by atoms with Crippen LogP contribution in [0.3, 0.4) is 0 Å². The topological polar surface area (TPSA) is 59.1 Å². The first-order valence-corrected chi connectivity index (χ1v) is 6.87. The third-order valence-corrected chi connectivity index (χ3v) is 3.12. The van der Waals surface area contributed by atoms with Gasteiger partial charge in [0.1, 0.15) is 0 Å². The lowest BCUT2D eigenvalue weighted by Crippen LogP contribution is -2.41. The number of ether oxygens (including phenoxy) is 1. The molecule has 1 aromatic heterocycles. The van der Waals surface area contributed by atoms with E-state index in [1.165, 1.54) is 6.20 Å². The van der Waals surface area contributed by atoms with Crippen LogP contribution in [0.4, 0.5) is 16.2 Å². The molecule has 1 fully saturated rings. The van der Waals surface area contributed by atoms with Crippen LogP contribution in [0.1, 0.15) is 33.1 Å². The summed E-state index contributed by atoms with van der Waals surface area (Å²) in [4.78, 5) is 8.06. The largest absolute Gasteiger partial charge is 0.378 e. The number of anilines is 2. The molecule has 2 rings (SSSR count). The summed E-state index contributed by atoms with van der Waals surface area (Å²) in [6.45, 7) is 5.54. The van der Waals surface area contributed by atoms with E-state index < -0.39 is 5.82 Å². The van der Waals surface area contributed by atoms with E-state index in [0.717, 1.165) is 32.4 Å². The number of aromatic nitrogens is 2. The maximum atomic E-state index is 13.6. The molecule has 19 heavy (non-hydrogen) atoms. The maximum Gasteiger partial charge on any atom is 0.224 e. The van der Waals surface area contributed by atoms with Crippen molar-refractivity contribution in [1.82, 2.24) is 9.97 Å². The van der Waals surface area contributed by atoms with Crippen LogP contribution >= 0.6 is 0 Å². The average Bonchev–Trinajstić information content (AvgIpc) is 2.37. The Morgan fingerprint density at radius 2 is 2.21 bits per heavy atom. The van der Waals surface area contributed by atoms with Crippen LogP contribution in [0.5, 0.6) is 0 Å². The monoisotopic (exact) mass is 268 g/mol. The van der Waals surface area contributed by atoms with Crippen molar-refractivity contribution >= 4 is 11.8 Å². The Balaban J connectivity index is 1.89. The molecule has 5 nitrogen and oxygen atoms in total. The van der Waals surface area contributed by atoms with Crippen molar-refractivity contribution in [3.8, 4) is 0 Å². The van der Waals surface area contributed by atoms with Crippen LogP contribution in [0.2, 0.25) is 0 Å². The van der Waals surface area contributed by atoms with E-state index in [1.807, 2.05) is 6.92 Å². The van der Waals surface area contributed by atoms with Crippen molar-refractivity contribution in [2.45, 2.75) is 45.3 Å². The zero-order valence-corrected chi connectivity index (χ0v) is 11.4. The van der Waals surface area contributed by atoms with E-state index >= 15 is 0 Å². The minimum atomic E-state index is -0.415. The van der Waals surface area contributed by atoms with Gasteiger partial charge in [0, 0.05) is 19.2 Å². The Morgan fingerprint density at radius 3 is 2.89 bits per heavy atom. The van der Waals surface area contributed by atoms with Gasteiger partial charge in [-0.3, -0.25) is 0 Å². The van der Waals surface area contributed by atoms with Crippen LogP contribution in [0.15, 0.2) is 6.20 Å². The standard InChI is InChI=1S/C13H21FN4O/c1-3-5-15-13-16-8-11(14)12(18-13)17-9-6-10(7-9)19-4-2/h8-10H,3-7H2,1-2H3,(H2,15,16,17,18). The van der Waals surface area contributed by atoms with E-state index in [4.69, 9.17) is 4.74 Å².